The van der Waals surface area contributed by atoms with Gasteiger partial charge in [-0.1, -0.05) is 13.3 Å². The summed E-state index contributed by atoms with van der Waals surface area (Å²) in [6.45, 7) is 8.68. The number of rotatable bonds is 11. The SMILES string of the molecule is CCCCN(C)CCCCC(C)(NC)C(=O)OCC. The number of hydrogen-bond acceptors (Lipinski definition) is 4. The molecule has 0 aliphatic heterocycles. The number of ether oxygens (including phenoxy) is 1. The third-order valence-corrected chi connectivity index (χ3v) is 3.64. The molecule has 1 atom stereocenters. The lowest BCUT2D eigenvalue weighted by Gasteiger charge is -2.27. The van der Waals surface area contributed by atoms with Crippen LogP contribution in [0.25, 0.3) is 0 Å². The molecule has 0 aromatic rings. The standard InChI is InChI=1S/C15H32N2O2/c1-6-8-12-17(5)13-10-9-11-15(3,16-4)14(18)19-7-2/h16H,6-13H2,1-5H3. The predicted molar refractivity (Wildman–Crippen MR) is 80.4 cm³/mol. The van der Waals surface area contributed by atoms with Crippen molar-refractivity contribution in [1.29, 1.82) is 0 Å². The summed E-state index contributed by atoms with van der Waals surface area (Å²) in [5, 5.41) is 3.10. The van der Waals surface area contributed by atoms with Crippen molar-refractivity contribution in [1.82, 2.24) is 10.2 Å². The number of nitrogens with zero attached hydrogens (tertiary/aromatic N) is 1. The molecule has 4 heteroatoms. The number of likely N-dealkylation sites (N-methyl/N-ethyl adjacent to an activating group) is 1. The van der Waals surface area contributed by atoms with Crippen molar-refractivity contribution >= 4 is 5.97 Å². The largest absolute Gasteiger partial charge is 0.465 e. The number of carbonyl (C=O) groups is 1. The van der Waals surface area contributed by atoms with Gasteiger partial charge in [-0.2, -0.15) is 0 Å². The summed E-state index contributed by atoms with van der Waals surface area (Å²) in [6.07, 6.45) is 5.48. The van der Waals surface area contributed by atoms with E-state index in [4.69, 9.17) is 4.74 Å². The summed E-state index contributed by atoms with van der Waals surface area (Å²) in [5.41, 5.74) is -0.544. The zero-order valence-electron chi connectivity index (χ0n) is 13.4. The second kappa shape index (κ2) is 10.2. The van der Waals surface area contributed by atoms with Crippen LogP contribution in [0.1, 0.15) is 52.9 Å². The molecule has 4 nitrogen and oxygen atoms in total. The first-order valence-electron chi connectivity index (χ1n) is 7.54. The Hall–Kier alpha value is -0.610. The van der Waals surface area contributed by atoms with E-state index in [1.165, 1.54) is 12.8 Å². The van der Waals surface area contributed by atoms with Crippen LogP contribution in [0.15, 0.2) is 0 Å². The average Bonchev–Trinajstić information content (AvgIpc) is 2.41. The topological polar surface area (TPSA) is 41.6 Å². The van der Waals surface area contributed by atoms with Gasteiger partial charge in [-0.05, 0) is 66.7 Å². The summed E-state index contributed by atoms with van der Waals surface area (Å²) in [7, 11) is 3.99. The van der Waals surface area contributed by atoms with Crippen molar-refractivity contribution in [2.24, 2.45) is 0 Å². The van der Waals surface area contributed by atoms with E-state index >= 15 is 0 Å². The molecule has 19 heavy (non-hydrogen) atoms. The molecular weight excluding hydrogens is 240 g/mol. The molecule has 0 fully saturated rings. The van der Waals surface area contributed by atoms with Crippen molar-refractivity contribution < 1.29 is 9.53 Å². The number of carbonyl (C=O) groups excluding carboxylic acids is 1. The molecule has 0 saturated heterocycles. The lowest BCUT2D eigenvalue weighted by Crippen LogP contribution is -2.48. The van der Waals surface area contributed by atoms with Gasteiger partial charge in [-0.25, -0.2) is 0 Å². The van der Waals surface area contributed by atoms with Crippen molar-refractivity contribution in [2.45, 2.75) is 58.4 Å². The van der Waals surface area contributed by atoms with Gasteiger partial charge in [-0.15, -0.1) is 0 Å². The first-order valence-corrected chi connectivity index (χ1v) is 7.54. The first kappa shape index (κ1) is 18.4. The summed E-state index contributed by atoms with van der Waals surface area (Å²) in [4.78, 5) is 14.2. The molecule has 0 saturated carbocycles. The Labute approximate surface area is 118 Å². The fourth-order valence-corrected chi connectivity index (χ4v) is 2.02. The average molecular weight is 272 g/mol. The lowest BCUT2D eigenvalue weighted by molar-refractivity contribution is -0.150. The minimum atomic E-state index is -0.544. The number of hydrogen-bond donors (Lipinski definition) is 1. The minimum absolute atomic E-state index is 0.142. The van der Waals surface area contributed by atoms with E-state index in [1.807, 2.05) is 20.9 Å². The zero-order chi connectivity index (χ0) is 14.7. The molecule has 1 unspecified atom stereocenters. The molecule has 0 aromatic heterocycles. The second-order valence-electron chi connectivity index (χ2n) is 5.42. The highest BCUT2D eigenvalue weighted by atomic mass is 16.5. The van der Waals surface area contributed by atoms with Crippen molar-refractivity contribution in [3.05, 3.63) is 0 Å². The van der Waals surface area contributed by atoms with Gasteiger partial charge >= 0.3 is 5.97 Å². The lowest BCUT2D eigenvalue weighted by atomic mass is 9.95. The quantitative estimate of drug-likeness (QED) is 0.463. The van der Waals surface area contributed by atoms with Crippen molar-refractivity contribution in [2.75, 3.05) is 33.8 Å². The third-order valence-electron chi connectivity index (χ3n) is 3.64. The molecule has 0 aliphatic rings. The molecule has 0 bridgehead atoms. The highest BCUT2D eigenvalue weighted by Gasteiger charge is 2.32. The van der Waals surface area contributed by atoms with Crippen LogP contribution in [0.2, 0.25) is 0 Å². The van der Waals surface area contributed by atoms with E-state index in [-0.39, 0.29) is 5.97 Å². The monoisotopic (exact) mass is 272 g/mol. The summed E-state index contributed by atoms with van der Waals surface area (Å²) in [6, 6.07) is 0. The Morgan fingerprint density at radius 2 is 1.84 bits per heavy atom. The van der Waals surface area contributed by atoms with Gasteiger partial charge in [0, 0.05) is 0 Å². The molecule has 0 rings (SSSR count). The molecule has 114 valence electrons. The van der Waals surface area contributed by atoms with E-state index in [0.717, 1.165) is 32.4 Å². The Bertz CT molecular complexity index is 246. The Kier molecular flexibility index (Phi) is 9.88. The molecule has 0 heterocycles. The highest BCUT2D eigenvalue weighted by Crippen LogP contribution is 2.15. The smallest absolute Gasteiger partial charge is 0.326 e. The maximum absolute atomic E-state index is 11.9. The van der Waals surface area contributed by atoms with Crippen LogP contribution in [0.3, 0.4) is 0 Å². The summed E-state index contributed by atoms with van der Waals surface area (Å²) in [5.74, 6) is -0.142. The Morgan fingerprint density at radius 1 is 1.21 bits per heavy atom. The summed E-state index contributed by atoms with van der Waals surface area (Å²) >= 11 is 0. The van der Waals surface area contributed by atoms with Crippen LogP contribution in [0, 0.1) is 0 Å². The highest BCUT2D eigenvalue weighted by molar-refractivity contribution is 5.80. The minimum Gasteiger partial charge on any atom is -0.465 e. The van der Waals surface area contributed by atoms with Gasteiger partial charge in [-0.3, -0.25) is 4.79 Å². The van der Waals surface area contributed by atoms with Crippen molar-refractivity contribution in [3.8, 4) is 0 Å². The van der Waals surface area contributed by atoms with Gasteiger partial charge in [0.1, 0.15) is 5.54 Å². The van der Waals surface area contributed by atoms with E-state index in [2.05, 4.69) is 24.2 Å². The Balaban J connectivity index is 3.92. The van der Waals surface area contributed by atoms with E-state index < -0.39 is 5.54 Å². The molecule has 0 aromatic carbocycles. The molecular formula is C15H32N2O2. The van der Waals surface area contributed by atoms with Gasteiger partial charge < -0.3 is 15.0 Å². The third kappa shape index (κ3) is 7.53. The number of unbranched alkanes of at least 4 members (excludes halogenated alkanes) is 2. The molecule has 0 spiro atoms. The van der Waals surface area contributed by atoms with Crippen LogP contribution in [0.4, 0.5) is 0 Å². The number of esters is 1. The molecule has 0 aliphatic carbocycles. The normalized spacial score (nSPS) is 14.4. The van der Waals surface area contributed by atoms with Gasteiger partial charge in [0.25, 0.3) is 0 Å². The van der Waals surface area contributed by atoms with E-state index in [9.17, 15) is 4.79 Å². The zero-order valence-corrected chi connectivity index (χ0v) is 13.4. The van der Waals surface area contributed by atoms with E-state index in [1.54, 1.807) is 0 Å². The van der Waals surface area contributed by atoms with Crippen LogP contribution in [-0.4, -0.2) is 50.2 Å². The van der Waals surface area contributed by atoms with Crippen molar-refractivity contribution in [3.63, 3.8) is 0 Å². The second-order valence-corrected chi connectivity index (χ2v) is 5.42. The Morgan fingerprint density at radius 3 is 2.37 bits per heavy atom. The molecule has 0 radical (unpaired) electrons. The number of nitrogens with one attached hydrogen (secondary N) is 1. The van der Waals surface area contributed by atoms with Crippen LogP contribution in [-0.2, 0) is 9.53 Å². The maximum atomic E-state index is 11.9. The van der Waals surface area contributed by atoms with Gasteiger partial charge in [0.2, 0.25) is 0 Å². The van der Waals surface area contributed by atoms with Crippen LogP contribution < -0.4 is 5.32 Å². The maximum Gasteiger partial charge on any atom is 0.326 e. The van der Waals surface area contributed by atoms with Gasteiger partial charge in [0.15, 0.2) is 0 Å². The van der Waals surface area contributed by atoms with Crippen LogP contribution in [0.5, 0.6) is 0 Å². The molecule has 1 N–H and O–H groups in total. The fourth-order valence-electron chi connectivity index (χ4n) is 2.02. The predicted octanol–water partition coefficient (Wildman–Crippen LogP) is 2.43. The summed E-state index contributed by atoms with van der Waals surface area (Å²) < 4.78 is 5.12. The fraction of sp³-hybridized carbons (Fsp3) is 0.933. The molecule has 0 amide bonds. The van der Waals surface area contributed by atoms with Gasteiger partial charge in [0.05, 0.1) is 6.61 Å². The first-order chi connectivity index (χ1) is 9.00. The van der Waals surface area contributed by atoms with Crippen LogP contribution >= 0.6 is 0 Å². The van der Waals surface area contributed by atoms with E-state index in [0.29, 0.717) is 6.61 Å².